The van der Waals surface area contributed by atoms with E-state index in [1.807, 2.05) is 46.8 Å². The third-order valence-electron chi connectivity index (χ3n) is 3.36. The molecule has 0 bridgehead atoms. The molecule has 1 rings (SSSR count). The van der Waals surface area contributed by atoms with E-state index in [0.29, 0.717) is 25.2 Å². The highest BCUT2D eigenvalue weighted by Gasteiger charge is 2.28. The van der Waals surface area contributed by atoms with Gasteiger partial charge in [-0.2, -0.15) is 0 Å². The molecule has 1 aliphatic rings. The Labute approximate surface area is 183 Å². The molecule has 0 aromatic heterocycles. The zero-order chi connectivity index (χ0) is 21.9. The van der Waals surface area contributed by atoms with Gasteiger partial charge in [-0.25, -0.2) is 4.79 Å². The van der Waals surface area contributed by atoms with Crippen LogP contribution >= 0.6 is 27.5 Å². The van der Waals surface area contributed by atoms with Gasteiger partial charge in [-0.05, 0) is 45.2 Å². The summed E-state index contributed by atoms with van der Waals surface area (Å²) in [7, 11) is 0. The number of carbonyl (C=O) groups excluding carboxylic acids is 1. The SMILES string of the molecule is CCC.C\C(Br)=C/C=C(C)/N=C1/CCN(C(=O)OC(C)(C)C)C/C1=C(/N)CCl. The van der Waals surface area contributed by atoms with Crippen LogP contribution < -0.4 is 5.73 Å². The number of aliphatic imine (C=N–C) groups is 1. The molecule has 1 aliphatic heterocycles. The fourth-order valence-corrected chi connectivity index (χ4v) is 2.51. The monoisotopic (exact) mass is 475 g/mol. The van der Waals surface area contributed by atoms with Gasteiger partial charge in [0.2, 0.25) is 0 Å². The zero-order valence-electron chi connectivity index (χ0n) is 18.2. The molecular weight excluding hydrogens is 442 g/mol. The summed E-state index contributed by atoms with van der Waals surface area (Å²) in [6.07, 6.45) is 5.36. The Hall–Kier alpha value is -1.27. The number of amides is 1. The molecule has 1 heterocycles. The molecule has 1 saturated heterocycles. The highest BCUT2D eigenvalue weighted by Crippen LogP contribution is 2.20. The van der Waals surface area contributed by atoms with Crippen LogP contribution in [0.4, 0.5) is 4.79 Å². The van der Waals surface area contributed by atoms with Crippen LogP contribution in [0.3, 0.4) is 0 Å². The lowest BCUT2D eigenvalue weighted by Crippen LogP contribution is -2.44. The maximum absolute atomic E-state index is 12.3. The van der Waals surface area contributed by atoms with Crippen LogP contribution in [0.2, 0.25) is 0 Å². The van der Waals surface area contributed by atoms with Crippen LogP contribution in [0.1, 0.15) is 61.3 Å². The van der Waals surface area contributed by atoms with Crippen molar-refractivity contribution in [2.45, 2.75) is 66.9 Å². The molecule has 0 aromatic carbocycles. The second-order valence-corrected chi connectivity index (χ2v) is 9.13. The summed E-state index contributed by atoms with van der Waals surface area (Å²) >= 11 is 9.31. The summed E-state index contributed by atoms with van der Waals surface area (Å²) in [5.74, 6) is 0.194. The average Bonchev–Trinajstić information content (AvgIpc) is 2.58. The molecule has 1 amide bonds. The highest BCUT2D eigenvalue weighted by molar-refractivity contribution is 9.11. The van der Waals surface area contributed by atoms with Crippen molar-refractivity contribution in [1.29, 1.82) is 0 Å². The van der Waals surface area contributed by atoms with Crippen molar-refractivity contribution < 1.29 is 9.53 Å². The molecule has 0 radical (unpaired) electrons. The van der Waals surface area contributed by atoms with Gasteiger partial charge in [0.25, 0.3) is 0 Å². The lowest BCUT2D eigenvalue weighted by Gasteiger charge is -2.32. The number of hydrogen-bond donors (Lipinski definition) is 1. The number of rotatable bonds is 3. The van der Waals surface area contributed by atoms with Crippen LogP contribution in [-0.2, 0) is 4.74 Å². The number of likely N-dealkylation sites (tertiary alicyclic amines) is 1. The summed E-state index contributed by atoms with van der Waals surface area (Å²) in [6.45, 7) is 14.6. The van der Waals surface area contributed by atoms with E-state index < -0.39 is 5.60 Å². The first-order chi connectivity index (χ1) is 12.9. The number of hydrogen-bond acceptors (Lipinski definition) is 4. The molecule has 5 nitrogen and oxygen atoms in total. The lowest BCUT2D eigenvalue weighted by atomic mass is 10.0. The zero-order valence-corrected chi connectivity index (χ0v) is 20.6. The Morgan fingerprint density at radius 2 is 1.89 bits per heavy atom. The molecule has 0 unspecified atom stereocenters. The fourth-order valence-electron chi connectivity index (χ4n) is 2.21. The molecule has 1 fully saturated rings. The molecule has 160 valence electrons. The van der Waals surface area contributed by atoms with E-state index in [0.717, 1.165) is 21.5 Å². The largest absolute Gasteiger partial charge is 0.444 e. The van der Waals surface area contributed by atoms with Crippen LogP contribution in [0.25, 0.3) is 0 Å². The minimum absolute atomic E-state index is 0.194. The van der Waals surface area contributed by atoms with E-state index >= 15 is 0 Å². The Morgan fingerprint density at radius 3 is 2.36 bits per heavy atom. The van der Waals surface area contributed by atoms with E-state index in [1.54, 1.807) is 4.90 Å². The van der Waals surface area contributed by atoms with Crippen molar-refractivity contribution >= 4 is 39.3 Å². The lowest BCUT2D eigenvalue weighted by molar-refractivity contribution is 0.0267. The van der Waals surface area contributed by atoms with Crippen molar-refractivity contribution in [3.8, 4) is 0 Å². The van der Waals surface area contributed by atoms with Gasteiger partial charge >= 0.3 is 6.09 Å². The van der Waals surface area contributed by atoms with Crippen molar-refractivity contribution in [3.63, 3.8) is 0 Å². The first-order valence-corrected chi connectivity index (χ1v) is 10.9. The predicted molar refractivity (Wildman–Crippen MR) is 124 cm³/mol. The third-order valence-corrected chi connectivity index (χ3v) is 3.92. The van der Waals surface area contributed by atoms with E-state index in [1.165, 1.54) is 6.42 Å². The van der Waals surface area contributed by atoms with Gasteiger partial charge in [0.05, 0.1) is 12.4 Å². The summed E-state index contributed by atoms with van der Waals surface area (Å²) in [4.78, 5) is 18.6. The number of allylic oxidation sites excluding steroid dienone is 5. The number of piperidine rings is 1. The van der Waals surface area contributed by atoms with Crippen LogP contribution in [0.15, 0.2) is 38.6 Å². The molecule has 0 atom stereocenters. The minimum Gasteiger partial charge on any atom is -0.444 e. The van der Waals surface area contributed by atoms with E-state index in [2.05, 4.69) is 34.8 Å². The van der Waals surface area contributed by atoms with E-state index in [9.17, 15) is 4.79 Å². The summed E-state index contributed by atoms with van der Waals surface area (Å²) in [5, 5.41) is 0. The third kappa shape index (κ3) is 10.9. The first-order valence-electron chi connectivity index (χ1n) is 9.55. The van der Waals surface area contributed by atoms with Gasteiger partial charge < -0.3 is 15.4 Å². The smallest absolute Gasteiger partial charge is 0.410 e. The van der Waals surface area contributed by atoms with Gasteiger partial charge in [0, 0.05) is 35.6 Å². The first kappa shape index (κ1) is 26.7. The number of nitrogens with two attached hydrogens (primary N) is 1. The van der Waals surface area contributed by atoms with Crippen LogP contribution in [-0.4, -0.2) is 41.3 Å². The quantitative estimate of drug-likeness (QED) is 0.393. The number of nitrogens with zero attached hydrogens (tertiary/aromatic N) is 2. The maximum atomic E-state index is 12.3. The minimum atomic E-state index is -0.535. The fraction of sp³-hybridized carbons (Fsp3) is 0.619. The topological polar surface area (TPSA) is 67.9 Å². The maximum Gasteiger partial charge on any atom is 0.410 e. The number of halogens is 2. The Bertz CT molecular complexity index is 643. The second kappa shape index (κ2) is 13.0. The Morgan fingerprint density at radius 1 is 1.32 bits per heavy atom. The van der Waals surface area contributed by atoms with E-state index in [4.69, 9.17) is 22.1 Å². The number of alkyl halides is 1. The summed E-state index contributed by atoms with van der Waals surface area (Å²) in [5.41, 5.74) is 8.61. The van der Waals surface area contributed by atoms with Gasteiger partial charge in [0.1, 0.15) is 5.60 Å². The van der Waals surface area contributed by atoms with Crippen molar-refractivity contribution in [3.05, 3.63) is 33.6 Å². The Balaban J connectivity index is 0.00000227. The number of ether oxygens (including phenoxy) is 1. The molecule has 2 N–H and O–H groups in total. The van der Waals surface area contributed by atoms with Gasteiger partial charge in [-0.1, -0.05) is 42.3 Å². The van der Waals surface area contributed by atoms with Crippen molar-refractivity contribution in [2.75, 3.05) is 19.0 Å². The molecule has 7 heteroatoms. The molecular formula is C21H35BrClN3O2. The van der Waals surface area contributed by atoms with Gasteiger partial charge in [-0.15, -0.1) is 11.6 Å². The highest BCUT2D eigenvalue weighted by atomic mass is 79.9. The van der Waals surface area contributed by atoms with E-state index in [-0.39, 0.29) is 12.0 Å². The summed E-state index contributed by atoms with van der Waals surface area (Å²) in [6, 6.07) is 0. The van der Waals surface area contributed by atoms with Crippen LogP contribution in [0.5, 0.6) is 0 Å². The Kier molecular flexibility index (Phi) is 12.5. The van der Waals surface area contributed by atoms with Crippen molar-refractivity contribution in [2.24, 2.45) is 10.7 Å². The average molecular weight is 477 g/mol. The molecule has 0 aliphatic carbocycles. The summed E-state index contributed by atoms with van der Waals surface area (Å²) < 4.78 is 6.46. The molecule has 28 heavy (non-hydrogen) atoms. The van der Waals surface area contributed by atoms with Crippen molar-refractivity contribution in [1.82, 2.24) is 4.90 Å². The molecule has 0 spiro atoms. The van der Waals surface area contributed by atoms with Gasteiger partial charge in [0.15, 0.2) is 0 Å². The van der Waals surface area contributed by atoms with Gasteiger partial charge in [-0.3, -0.25) is 4.99 Å². The molecule has 0 saturated carbocycles. The molecule has 0 aromatic rings. The predicted octanol–water partition coefficient (Wildman–Crippen LogP) is 6.14. The van der Waals surface area contributed by atoms with Crippen LogP contribution in [0, 0.1) is 0 Å². The standard InChI is InChI=1S/C18H27BrClN3O2.C3H8/c1-12(19)6-7-13(2)22-16-8-9-23(11-14(16)15(21)10-20)17(24)25-18(3,4)5;1-3-2/h6-7H,8-11,21H2,1-5H3;3H2,1-2H3/b12-6+,13-7+,15-14-,22-16-;. The second-order valence-electron chi connectivity index (χ2n) is 7.62. The number of carbonyl (C=O) groups is 1. The normalized spacial score (nSPS) is 19.2.